The molecule has 0 saturated heterocycles. The number of sulfonamides is 1. The minimum absolute atomic E-state index is 0.437. The fourth-order valence-electron chi connectivity index (χ4n) is 1.55. The van der Waals surface area contributed by atoms with E-state index in [1.165, 1.54) is 15.6 Å². The van der Waals surface area contributed by atoms with E-state index in [0.29, 0.717) is 16.7 Å². The summed E-state index contributed by atoms with van der Waals surface area (Å²) in [5, 5.41) is 3.20. The van der Waals surface area contributed by atoms with E-state index >= 15 is 0 Å². The molecule has 1 heterocycles. The zero-order valence-corrected chi connectivity index (χ0v) is 13.8. The van der Waals surface area contributed by atoms with Crippen LogP contribution < -0.4 is 5.32 Å². The van der Waals surface area contributed by atoms with E-state index in [1.807, 2.05) is 13.0 Å². The van der Waals surface area contributed by atoms with E-state index in [9.17, 15) is 8.42 Å². The first-order chi connectivity index (χ1) is 8.87. The average molecular weight is 304 g/mol. The maximum Gasteiger partial charge on any atom is 0.252 e. The molecule has 19 heavy (non-hydrogen) atoms. The van der Waals surface area contributed by atoms with Crippen molar-refractivity contribution in [1.29, 1.82) is 0 Å². The van der Waals surface area contributed by atoms with Crippen LogP contribution in [0.1, 0.15) is 32.1 Å². The molecular weight excluding hydrogens is 280 g/mol. The first-order valence-electron chi connectivity index (χ1n) is 6.63. The van der Waals surface area contributed by atoms with Gasteiger partial charge < -0.3 is 5.32 Å². The number of rotatable bonds is 8. The van der Waals surface area contributed by atoms with E-state index < -0.39 is 10.0 Å². The summed E-state index contributed by atoms with van der Waals surface area (Å²) in [5.41, 5.74) is 0. The van der Waals surface area contributed by atoms with E-state index in [1.54, 1.807) is 13.1 Å². The van der Waals surface area contributed by atoms with Crippen LogP contribution in [0, 0.1) is 5.92 Å². The lowest BCUT2D eigenvalue weighted by Gasteiger charge is -2.17. The monoisotopic (exact) mass is 304 g/mol. The van der Waals surface area contributed by atoms with Gasteiger partial charge in [0.15, 0.2) is 0 Å². The third kappa shape index (κ3) is 4.87. The molecule has 0 aliphatic carbocycles. The van der Waals surface area contributed by atoms with E-state index in [0.717, 1.165) is 24.4 Å². The molecule has 0 saturated carbocycles. The average Bonchev–Trinajstić information content (AvgIpc) is 2.82. The fourth-order valence-corrected chi connectivity index (χ4v) is 4.28. The molecule has 1 rings (SSSR count). The molecule has 0 aromatic carbocycles. The summed E-state index contributed by atoms with van der Waals surface area (Å²) >= 11 is 1.35. The Morgan fingerprint density at radius 2 is 2.05 bits per heavy atom. The lowest BCUT2D eigenvalue weighted by atomic mass is 10.1. The van der Waals surface area contributed by atoms with Gasteiger partial charge in [-0.05, 0) is 31.0 Å². The molecule has 0 fully saturated rings. The Balaban J connectivity index is 2.73. The molecule has 1 aromatic rings. The van der Waals surface area contributed by atoms with Crippen molar-refractivity contribution in [2.75, 3.05) is 20.1 Å². The van der Waals surface area contributed by atoms with Crippen LogP contribution in [0.5, 0.6) is 0 Å². The largest absolute Gasteiger partial charge is 0.312 e. The molecule has 0 radical (unpaired) electrons. The van der Waals surface area contributed by atoms with Gasteiger partial charge in [-0.25, -0.2) is 12.7 Å². The minimum Gasteiger partial charge on any atom is -0.312 e. The Bertz CT molecular complexity index is 481. The summed E-state index contributed by atoms with van der Waals surface area (Å²) in [4.78, 5) is 1.05. The number of hydrogen-bond donors (Lipinski definition) is 1. The molecule has 1 N–H and O–H groups in total. The highest BCUT2D eigenvalue weighted by molar-refractivity contribution is 7.91. The maximum absolute atomic E-state index is 12.3. The smallest absolute Gasteiger partial charge is 0.252 e. The summed E-state index contributed by atoms with van der Waals surface area (Å²) in [6, 6.07) is 3.59. The van der Waals surface area contributed by atoms with Gasteiger partial charge in [0.25, 0.3) is 10.0 Å². The third-order valence-corrected chi connectivity index (χ3v) is 6.28. The van der Waals surface area contributed by atoms with E-state index in [-0.39, 0.29) is 0 Å². The number of nitrogens with zero attached hydrogens (tertiary/aromatic N) is 1. The van der Waals surface area contributed by atoms with Crippen LogP contribution in [0.3, 0.4) is 0 Å². The highest BCUT2D eigenvalue weighted by Gasteiger charge is 2.22. The van der Waals surface area contributed by atoms with Gasteiger partial charge in [0.2, 0.25) is 0 Å². The number of hydrogen-bond acceptors (Lipinski definition) is 4. The summed E-state index contributed by atoms with van der Waals surface area (Å²) in [5.74, 6) is 0.505. The normalized spacial score (nSPS) is 12.5. The van der Waals surface area contributed by atoms with Gasteiger partial charge in [-0.1, -0.05) is 20.8 Å². The van der Waals surface area contributed by atoms with Crippen LogP contribution in [0.25, 0.3) is 0 Å². The Kier molecular flexibility index (Phi) is 6.46. The molecular formula is C13H24N2O2S2. The number of thiophene rings is 1. The van der Waals surface area contributed by atoms with Crippen molar-refractivity contribution in [3.63, 3.8) is 0 Å². The molecule has 6 heteroatoms. The van der Waals surface area contributed by atoms with E-state index in [4.69, 9.17) is 0 Å². The van der Waals surface area contributed by atoms with Gasteiger partial charge in [-0.15, -0.1) is 11.3 Å². The Labute approximate surface area is 120 Å². The topological polar surface area (TPSA) is 49.4 Å². The summed E-state index contributed by atoms with van der Waals surface area (Å²) in [7, 11) is -1.66. The molecule has 110 valence electrons. The van der Waals surface area contributed by atoms with Crippen LogP contribution >= 0.6 is 11.3 Å². The summed E-state index contributed by atoms with van der Waals surface area (Å²) in [6.07, 6.45) is 0.880. The fraction of sp³-hybridized carbons (Fsp3) is 0.692. The zero-order chi connectivity index (χ0) is 14.5. The predicted octanol–water partition coefficient (Wildman–Crippen LogP) is 2.52. The molecule has 0 aliphatic rings. The van der Waals surface area contributed by atoms with Gasteiger partial charge in [0, 0.05) is 25.0 Å². The van der Waals surface area contributed by atoms with Crippen LogP contribution in [-0.2, 0) is 16.6 Å². The SMILES string of the molecule is CCNCc1ccc(S(=O)(=O)N(C)CCC(C)C)s1. The summed E-state index contributed by atoms with van der Waals surface area (Å²) in [6.45, 7) is 8.41. The number of nitrogens with one attached hydrogen (secondary N) is 1. The second-order valence-electron chi connectivity index (χ2n) is 5.01. The third-order valence-electron chi connectivity index (χ3n) is 2.87. The molecule has 0 amide bonds. The van der Waals surface area contributed by atoms with Crippen molar-refractivity contribution >= 4 is 21.4 Å². The minimum atomic E-state index is -3.31. The Morgan fingerprint density at radius 1 is 1.37 bits per heavy atom. The predicted molar refractivity (Wildman–Crippen MR) is 81.0 cm³/mol. The van der Waals surface area contributed by atoms with Gasteiger partial charge in [0.1, 0.15) is 4.21 Å². The standard InChI is InChI=1S/C13H24N2O2S2/c1-5-14-10-12-6-7-13(18-12)19(16,17)15(4)9-8-11(2)3/h6-7,11,14H,5,8-10H2,1-4H3. The lowest BCUT2D eigenvalue weighted by Crippen LogP contribution is -2.28. The van der Waals surface area contributed by atoms with Crippen molar-refractivity contribution in [2.24, 2.45) is 5.92 Å². The molecule has 0 aliphatic heterocycles. The Morgan fingerprint density at radius 3 is 2.63 bits per heavy atom. The van der Waals surface area contributed by atoms with Crippen LogP contribution in [0.15, 0.2) is 16.3 Å². The molecule has 0 spiro atoms. The molecule has 0 atom stereocenters. The molecule has 1 aromatic heterocycles. The Hall–Kier alpha value is -0.430. The van der Waals surface area contributed by atoms with Crippen LogP contribution in [0.4, 0.5) is 0 Å². The lowest BCUT2D eigenvalue weighted by molar-refractivity contribution is 0.429. The van der Waals surface area contributed by atoms with Gasteiger partial charge in [-0.2, -0.15) is 0 Å². The molecule has 0 bridgehead atoms. The first kappa shape index (κ1) is 16.6. The van der Waals surface area contributed by atoms with Crippen molar-refractivity contribution in [2.45, 2.75) is 37.9 Å². The highest BCUT2D eigenvalue weighted by Crippen LogP contribution is 2.24. The maximum atomic E-state index is 12.3. The van der Waals surface area contributed by atoms with Crippen LogP contribution in [-0.4, -0.2) is 32.9 Å². The quantitative estimate of drug-likeness (QED) is 0.803. The zero-order valence-electron chi connectivity index (χ0n) is 12.1. The van der Waals surface area contributed by atoms with Crippen molar-refractivity contribution in [3.05, 3.63) is 17.0 Å². The van der Waals surface area contributed by atoms with Crippen molar-refractivity contribution in [3.8, 4) is 0 Å². The summed E-state index contributed by atoms with van der Waals surface area (Å²) < 4.78 is 26.6. The van der Waals surface area contributed by atoms with Gasteiger partial charge in [0.05, 0.1) is 0 Å². The van der Waals surface area contributed by atoms with E-state index in [2.05, 4.69) is 19.2 Å². The second kappa shape index (κ2) is 7.38. The highest BCUT2D eigenvalue weighted by atomic mass is 32.2. The first-order valence-corrected chi connectivity index (χ1v) is 8.89. The van der Waals surface area contributed by atoms with Crippen LogP contribution in [0.2, 0.25) is 0 Å². The second-order valence-corrected chi connectivity index (χ2v) is 8.45. The van der Waals surface area contributed by atoms with Gasteiger partial charge >= 0.3 is 0 Å². The van der Waals surface area contributed by atoms with Crippen molar-refractivity contribution < 1.29 is 8.42 Å². The van der Waals surface area contributed by atoms with Crippen molar-refractivity contribution in [1.82, 2.24) is 9.62 Å². The molecule has 0 unspecified atom stereocenters. The molecule has 4 nitrogen and oxygen atoms in total. The van der Waals surface area contributed by atoms with Gasteiger partial charge in [-0.3, -0.25) is 0 Å².